The van der Waals surface area contributed by atoms with Crippen molar-refractivity contribution in [3.8, 4) is 0 Å². The van der Waals surface area contributed by atoms with Gasteiger partial charge in [-0.15, -0.1) is 0 Å². The number of hydrogen-bond donors (Lipinski definition) is 0. The van der Waals surface area contributed by atoms with Crippen molar-refractivity contribution in [2.75, 3.05) is 0 Å². The van der Waals surface area contributed by atoms with Crippen molar-refractivity contribution in [2.45, 2.75) is 33.1 Å². The SMILES string of the molecule is C=CC(C)=C[CH]CCCC. The van der Waals surface area contributed by atoms with E-state index in [1.54, 1.807) is 0 Å². The lowest BCUT2D eigenvalue weighted by molar-refractivity contribution is 0.794. The van der Waals surface area contributed by atoms with E-state index in [9.17, 15) is 0 Å². The highest BCUT2D eigenvalue weighted by molar-refractivity contribution is 5.16. The average Bonchev–Trinajstić information content (AvgIpc) is 1.98. The summed E-state index contributed by atoms with van der Waals surface area (Å²) in [5, 5.41) is 0. The van der Waals surface area contributed by atoms with Crippen molar-refractivity contribution in [1.82, 2.24) is 0 Å². The Hall–Kier alpha value is -0.520. The summed E-state index contributed by atoms with van der Waals surface area (Å²) in [6.45, 7) is 7.94. The van der Waals surface area contributed by atoms with Gasteiger partial charge in [-0.1, -0.05) is 44.1 Å². The number of allylic oxidation sites excluding steroid dienone is 3. The maximum absolute atomic E-state index is 3.67. The van der Waals surface area contributed by atoms with Crippen molar-refractivity contribution < 1.29 is 0 Å². The summed E-state index contributed by atoms with van der Waals surface area (Å²) in [5.74, 6) is 0. The van der Waals surface area contributed by atoms with Crippen LogP contribution in [0.3, 0.4) is 0 Å². The molecule has 0 nitrogen and oxygen atoms in total. The Balaban J connectivity index is 3.24. The molecular weight excluding hydrogens is 120 g/mol. The molecule has 0 aromatic rings. The maximum Gasteiger partial charge on any atom is -0.0165 e. The molecule has 0 bridgehead atoms. The predicted molar refractivity (Wildman–Crippen MR) is 47.8 cm³/mol. The van der Waals surface area contributed by atoms with E-state index >= 15 is 0 Å². The lowest BCUT2D eigenvalue weighted by Gasteiger charge is -1.92. The summed E-state index contributed by atoms with van der Waals surface area (Å²) < 4.78 is 0. The second kappa shape index (κ2) is 6.60. The second-order valence-electron chi connectivity index (χ2n) is 2.49. The van der Waals surface area contributed by atoms with Crippen molar-refractivity contribution in [1.29, 1.82) is 0 Å². The molecule has 0 amide bonds. The summed E-state index contributed by atoms with van der Waals surface area (Å²) in [6, 6.07) is 0. The molecule has 0 saturated carbocycles. The summed E-state index contributed by atoms with van der Waals surface area (Å²) in [5.41, 5.74) is 1.25. The van der Waals surface area contributed by atoms with Gasteiger partial charge in [0, 0.05) is 0 Å². The third kappa shape index (κ3) is 5.61. The fourth-order valence-electron chi connectivity index (χ4n) is 0.659. The van der Waals surface area contributed by atoms with Crippen LogP contribution in [0.25, 0.3) is 0 Å². The van der Waals surface area contributed by atoms with Crippen LogP contribution in [0, 0.1) is 6.42 Å². The van der Waals surface area contributed by atoms with Crippen molar-refractivity contribution >= 4 is 0 Å². The minimum absolute atomic E-state index is 1.20. The number of hydrogen-bond acceptors (Lipinski definition) is 0. The molecule has 0 aromatic heterocycles. The van der Waals surface area contributed by atoms with Gasteiger partial charge < -0.3 is 0 Å². The molecule has 0 aromatic carbocycles. The van der Waals surface area contributed by atoms with Crippen LogP contribution in [0.4, 0.5) is 0 Å². The van der Waals surface area contributed by atoms with Crippen LogP contribution in [-0.2, 0) is 0 Å². The Morgan fingerprint density at radius 3 is 2.70 bits per heavy atom. The van der Waals surface area contributed by atoms with E-state index in [-0.39, 0.29) is 0 Å². The highest BCUT2D eigenvalue weighted by Gasteiger charge is 1.83. The summed E-state index contributed by atoms with van der Waals surface area (Å²) in [7, 11) is 0. The van der Waals surface area contributed by atoms with Crippen LogP contribution in [0.5, 0.6) is 0 Å². The van der Waals surface area contributed by atoms with Gasteiger partial charge >= 0.3 is 0 Å². The van der Waals surface area contributed by atoms with E-state index in [1.807, 2.05) is 6.08 Å². The van der Waals surface area contributed by atoms with Gasteiger partial charge in [-0.25, -0.2) is 0 Å². The first-order valence-electron chi connectivity index (χ1n) is 3.93. The Kier molecular flexibility index (Phi) is 6.25. The molecule has 0 N–H and O–H groups in total. The monoisotopic (exact) mass is 137 g/mol. The molecule has 0 aliphatic carbocycles. The molecule has 57 valence electrons. The summed E-state index contributed by atoms with van der Waals surface area (Å²) >= 11 is 0. The fraction of sp³-hybridized carbons (Fsp3) is 0.500. The highest BCUT2D eigenvalue weighted by atomic mass is 13.9. The van der Waals surface area contributed by atoms with Crippen LogP contribution in [0.2, 0.25) is 0 Å². The van der Waals surface area contributed by atoms with Gasteiger partial charge in [-0.05, 0) is 19.8 Å². The zero-order chi connectivity index (χ0) is 7.82. The summed E-state index contributed by atoms with van der Waals surface area (Å²) in [6.07, 6.45) is 9.98. The van der Waals surface area contributed by atoms with E-state index in [2.05, 4.69) is 32.9 Å². The molecule has 0 rings (SSSR count). The largest absolute Gasteiger partial charge is 0.0988 e. The van der Waals surface area contributed by atoms with Crippen LogP contribution in [0.15, 0.2) is 24.3 Å². The van der Waals surface area contributed by atoms with Gasteiger partial charge in [0.15, 0.2) is 0 Å². The molecule has 10 heavy (non-hydrogen) atoms. The average molecular weight is 137 g/mol. The van der Waals surface area contributed by atoms with Gasteiger partial charge in [0.1, 0.15) is 0 Å². The molecule has 0 atom stereocenters. The summed E-state index contributed by atoms with van der Waals surface area (Å²) in [4.78, 5) is 0. The van der Waals surface area contributed by atoms with Gasteiger partial charge in [0.2, 0.25) is 0 Å². The first kappa shape index (κ1) is 9.48. The third-order valence-electron chi connectivity index (χ3n) is 1.43. The van der Waals surface area contributed by atoms with Crippen LogP contribution < -0.4 is 0 Å². The first-order valence-corrected chi connectivity index (χ1v) is 3.93. The first-order chi connectivity index (χ1) is 4.81. The fourth-order valence-corrected chi connectivity index (χ4v) is 0.659. The van der Waals surface area contributed by atoms with Crippen LogP contribution in [0.1, 0.15) is 33.1 Å². The van der Waals surface area contributed by atoms with Crippen molar-refractivity contribution in [3.63, 3.8) is 0 Å². The number of unbranched alkanes of at least 4 members (excludes halogenated alkanes) is 3. The zero-order valence-electron chi connectivity index (χ0n) is 7.06. The Morgan fingerprint density at radius 2 is 2.20 bits per heavy atom. The molecule has 0 heteroatoms. The molecule has 0 unspecified atom stereocenters. The molecule has 0 fully saturated rings. The molecule has 0 aliphatic heterocycles. The van der Waals surface area contributed by atoms with Gasteiger partial charge in [0.25, 0.3) is 0 Å². The minimum atomic E-state index is 1.20. The van der Waals surface area contributed by atoms with E-state index in [4.69, 9.17) is 0 Å². The Bertz CT molecular complexity index is 109. The van der Waals surface area contributed by atoms with E-state index < -0.39 is 0 Å². The Morgan fingerprint density at radius 1 is 1.50 bits per heavy atom. The Labute approximate surface area is 64.6 Å². The predicted octanol–water partition coefficient (Wildman–Crippen LogP) is 3.51. The quantitative estimate of drug-likeness (QED) is 0.402. The van der Waals surface area contributed by atoms with Gasteiger partial charge in [-0.3, -0.25) is 0 Å². The smallest absolute Gasteiger partial charge is 0.0165 e. The molecular formula is C10H17. The van der Waals surface area contributed by atoms with Crippen molar-refractivity contribution in [2.24, 2.45) is 0 Å². The third-order valence-corrected chi connectivity index (χ3v) is 1.43. The molecule has 0 spiro atoms. The normalized spacial score (nSPS) is 11.6. The lowest BCUT2D eigenvalue weighted by Crippen LogP contribution is -1.74. The lowest BCUT2D eigenvalue weighted by atomic mass is 10.1. The maximum atomic E-state index is 3.67. The van der Waals surface area contributed by atoms with Gasteiger partial charge in [0.05, 0.1) is 0 Å². The minimum Gasteiger partial charge on any atom is -0.0988 e. The zero-order valence-corrected chi connectivity index (χ0v) is 7.06. The van der Waals surface area contributed by atoms with E-state index in [0.717, 1.165) is 0 Å². The molecule has 1 radical (unpaired) electrons. The van der Waals surface area contributed by atoms with Crippen molar-refractivity contribution in [3.05, 3.63) is 30.7 Å². The molecule has 0 saturated heterocycles. The molecule has 0 aliphatic rings. The second-order valence-corrected chi connectivity index (χ2v) is 2.49. The van der Waals surface area contributed by atoms with Gasteiger partial charge in [-0.2, -0.15) is 0 Å². The van der Waals surface area contributed by atoms with Crippen LogP contribution in [-0.4, -0.2) is 0 Å². The standard InChI is InChI=1S/C10H17/c1-4-6-7-8-9-10(3)5-2/h5,8-9H,2,4,6-7H2,1,3H3. The number of rotatable bonds is 5. The molecule has 0 heterocycles. The topological polar surface area (TPSA) is 0 Å². The van der Waals surface area contributed by atoms with E-state index in [0.29, 0.717) is 0 Å². The van der Waals surface area contributed by atoms with Crippen LogP contribution >= 0.6 is 0 Å². The highest BCUT2D eigenvalue weighted by Crippen LogP contribution is 2.01. The van der Waals surface area contributed by atoms with E-state index in [1.165, 1.54) is 24.8 Å².